The van der Waals surface area contributed by atoms with E-state index in [2.05, 4.69) is 24.1 Å². The summed E-state index contributed by atoms with van der Waals surface area (Å²) in [5.74, 6) is 0. The predicted molar refractivity (Wildman–Crippen MR) is 66.4 cm³/mol. The van der Waals surface area contributed by atoms with E-state index >= 15 is 0 Å². The highest BCUT2D eigenvalue weighted by Crippen LogP contribution is 1.94. The second-order valence-corrected chi connectivity index (χ2v) is 3.69. The molecule has 0 spiro atoms. The Morgan fingerprint density at radius 2 is 1.87 bits per heavy atom. The van der Waals surface area contributed by atoms with Crippen LogP contribution in [-0.4, -0.2) is 50.8 Å². The summed E-state index contributed by atoms with van der Waals surface area (Å²) in [7, 11) is 0. The molecule has 0 aliphatic heterocycles. The summed E-state index contributed by atoms with van der Waals surface area (Å²) in [6.07, 6.45) is 2.56. The molecule has 0 unspecified atom stereocenters. The molecule has 92 valence electrons. The predicted octanol–water partition coefficient (Wildman–Crippen LogP) is 1.73. The van der Waals surface area contributed by atoms with Gasteiger partial charge in [-0.05, 0) is 45.9 Å². The van der Waals surface area contributed by atoms with Crippen LogP contribution in [0.2, 0.25) is 0 Å². The zero-order valence-corrected chi connectivity index (χ0v) is 10.7. The molecule has 0 saturated heterocycles. The highest BCUT2D eigenvalue weighted by atomic mass is 16.5. The number of rotatable bonds is 11. The first-order valence-electron chi connectivity index (χ1n) is 6.35. The Labute approximate surface area is 95.2 Å². The van der Waals surface area contributed by atoms with E-state index in [1.165, 1.54) is 19.4 Å². The van der Waals surface area contributed by atoms with Gasteiger partial charge in [0.05, 0.1) is 6.61 Å². The van der Waals surface area contributed by atoms with Crippen molar-refractivity contribution >= 4 is 0 Å². The van der Waals surface area contributed by atoms with Crippen LogP contribution < -0.4 is 5.32 Å². The van der Waals surface area contributed by atoms with Gasteiger partial charge in [-0.15, -0.1) is 0 Å². The van der Waals surface area contributed by atoms with Crippen LogP contribution in [0, 0.1) is 0 Å². The Morgan fingerprint density at radius 3 is 2.47 bits per heavy atom. The number of nitrogens with zero attached hydrogens (tertiary/aromatic N) is 1. The van der Waals surface area contributed by atoms with E-state index in [1.54, 1.807) is 0 Å². The van der Waals surface area contributed by atoms with Gasteiger partial charge in [0.25, 0.3) is 0 Å². The van der Waals surface area contributed by atoms with E-state index in [0.29, 0.717) is 0 Å². The molecule has 0 aromatic carbocycles. The standard InChI is InChI=1S/C12H28N2O/c1-4-13-9-7-8-10-14(5-2)11-12-15-6-3/h13H,4-12H2,1-3H3. The van der Waals surface area contributed by atoms with Gasteiger partial charge in [0.2, 0.25) is 0 Å². The summed E-state index contributed by atoms with van der Waals surface area (Å²) in [6, 6.07) is 0. The minimum Gasteiger partial charge on any atom is -0.380 e. The summed E-state index contributed by atoms with van der Waals surface area (Å²) in [6.45, 7) is 13.8. The third kappa shape index (κ3) is 10.2. The van der Waals surface area contributed by atoms with Crippen molar-refractivity contribution in [2.75, 3.05) is 45.9 Å². The molecule has 3 nitrogen and oxygen atoms in total. The van der Waals surface area contributed by atoms with Gasteiger partial charge in [-0.25, -0.2) is 0 Å². The summed E-state index contributed by atoms with van der Waals surface area (Å²) < 4.78 is 5.36. The lowest BCUT2D eigenvalue weighted by Gasteiger charge is -2.19. The van der Waals surface area contributed by atoms with Gasteiger partial charge in [-0.1, -0.05) is 13.8 Å². The van der Waals surface area contributed by atoms with Crippen molar-refractivity contribution < 1.29 is 4.74 Å². The zero-order valence-electron chi connectivity index (χ0n) is 10.7. The normalized spacial score (nSPS) is 11.2. The topological polar surface area (TPSA) is 24.5 Å². The molecule has 0 aliphatic rings. The molecule has 0 fully saturated rings. The average molecular weight is 216 g/mol. The SMILES string of the molecule is CCNCCCCN(CC)CCOCC. The first kappa shape index (κ1) is 14.9. The molecule has 0 rings (SSSR count). The molecule has 0 aromatic heterocycles. The summed E-state index contributed by atoms with van der Waals surface area (Å²) in [5, 5.41) is 3.35. The van der Waals surface area contributed by atoms with E-state index < -0.39 is 0 Å². The maximum Gasteiger partial charge on any atom is 0.0593 e. The van der Waals surface area contributed by atoms with Gasteiger partial charge in [-0.3, -0.25) is 0 Å². The second kappa shape index (κ2) is 12.0. The van der Waals surface area contributed by atoms with Gasteiger partial charge in [0, 0.05) is 13.2 Å². The monoisotopic (exact) mass is 216 g/mol. The van der Waals surface area contributed by atoms with Crippen LogP contribution in [0.1, 0.15) is 33.6 Å². The smallest absolute Gasteiger partial charge is 0.0593 e. The maximum absolute atomic E-state index is 5.36. The molecule has 0 radical (unpaired) electrons. The number of ether oxygens (including phenoxy) is 1. The maximum atomic E-state index is 5.36. The summed E-state index contributed by atoms with van der Waals surface area (Å²) >= 11 is 0. The van der Waals surface area contributed by atoms with E-state index in [-0.39, 0.29) is 0 Å². The molecule has 0 bridgehead atoms. The Morgan fingerprint density at radius 1 is 1.07 bits per heavy atom. The van der Waals surface area contributed by atoms with E-state index in [1.807, 2.05) is 6.92 Å². The van der Waals surface area contributed by atoms with Crippen LogP contribution >= 0.6 is 0 Å². The lowest BCUT2D eigenvalue weighted by molar-refractivity contribution is 0.114. The van der Waals surface area contributed by atoms with E-state index in [0.717, 1.165) is 39.4 Å². The molecular formula is C12H28N2O. The van der Waals surface area contributed by atoms with E-state index in [9.17, 15) is 0 Å². The van der Waals surface area contributed by atoms with Crippen molar-refractivity contribution in [1.82, 2.24) is 10.2 Å². The molecule has 0 saturated carbocycles. The number of hydrogen-bond acceptors (Lipinski definition) is 3. The summed E-state index contributed by atoms with van der Waals surface area (Å²) in [4.78, 5) is 2.46. The van der Waals surface area contributed by atoms with Crippen molar-refractivity contribution in [2.45, 2.75) is 33.6 Å². The van der Waals surface area contributed by atoms with Crippen molar-refractivity contribution in [1.29, 1.82) is 0 Å². The number of likely N-dealkylation sites (N-methyl/N-ethyl adjacent to an activating group) is 1. The van der Waals surface area contributed by atoms with Crippen LogP contribution in [0.4, 0.5) is 0 Å². The Balaban J connectivity index is 3.28. The fourth-order valence-electron chi connectivity index (χ4n) is 1.53. The average Bonchev–Trinajstić information content (AvgIpc) is 2.26. The van der Waals surface area contributed by atoms with Crippen molar-refractivity contribution in [3.05, 3.63) is 0 Å². The molecule has 0 aromatic rings. The van der Waals surface area contributed by atoms with Gasteiger partial charge in [0.1, 0.15) is 0 Å². The van der Waals surface area contributed by atoms with Gasteiger partial charge in [0.15, 0.2) is 0 Å². The Hall–Kier alpha value is -0.120. The molecule has 1 N–H and O–H groups in total. The number of nitrogens with one attached hydrogen (secondary N) is 1. The molecule has 0 atom stereocenters. The second-order valence-electron chi connectivity index (χ2n) is 3.69. The zero-order chi connectivity index (χ0) is 11.4. The largest absolute Gasteiger partial charge is 0.380 e. The van der Waals surface area contributed by atoms with Crippen molar-refractivity contribution in [3.63, 3.8) is 0 Å². The van der Waals surface area contributed by atoms with Crippen molar-refractivity contribution in [2.24, 2.45) is 0 Å². The van der Waals surface area contributed by atoms with Crippen LogP contribution in [0.5, 0.6) is 0 Å². The highest BCUT2D eigenvalue weighted by Gasteiger charge is 2.00. The van der Waals surface area contributed by atoms with Crippen molar-refractivity contribution in [3.8, 4) is 0 Å². The molecule has 0 amide bonds. The Bertz CT molecular complexity index is 120. The molecule has 3 heteroatoms. The summed E-state index contributed by atoms with van der Waals surface area (Å²) in [5.41, 5.74) is 0. The quantitative estimate of drug-likeness (QED) is 0.532. The molecular weight excluding hydrogens is 188 g/mol. The molecule has 0 aliphatic carbocycles. The van der Waals surface area contributed by atoms with Gasteiger partial charge < -0.3 is 15.0 Å². The first-order valence-corrected chi connectivity index (χ1v) is 6.35. The highest BCUT2D eigenvalue weighted by molar-refractivity contribution is 4.56. The van der Waals surface area contributed by atoms with Gasteiger partial charge in [-0.2, -0.15) is 0 Å². The fourth-order valence-corrected chi connectivity index (χ4v) is 1.53. The number of hydrogen-bond donors (Lipinski definition) is 1. The fraction of sp³-hybridized carbons (Fsp3) is 1.00. The minimum absolute atomic E-state index is 0.831. The van der Waals surface area contributed by atoms with Crippen LogP contribution in [0.25, 0.3) is 0 Å². The Kier molecular flexibility index (Phi) is 11.9. The minimum atomic E-state index is 0.831. The molecule has 15 heavy (non-hydrogen) atoms. The third-order valence-corrected chi connectivity index (χ3v) is 2.53. The third-order valence-electron chi connectivity index (χ3n) is 2.53. The lowest BCUT2D eigenvalue weighted by Crippen LogP contribution is -2.29. The van der Waals surface area contributed by atoms with Crippen LogP contribution in [0.15, 0.2) is 0 Å². The van der Waals surface area contributed by atoms with Crippen LogP contribution in [0.3, 0.4) is 0 Å². The van der Waals surface area contributed by atoms with Crippen LogP contribution in [-0.2, 0) is 4.74 Å². The first-order chi connectivity index (χ1) is 7.35. The van der Waals surface area contributed by atoms with E-state index in [4.69, 9.17) is 4.74 Å². The lowest BCUT2D eigenvalue weighted by atomic mass is 10.3. The number of unbranched alkanes of at least 4 members (excludes halogenated alkanes) is 1. The van der Waals surface area contributed by atoms with Gasteiger partial charge >= 0.3 is 0 Å². The molecule has 0 heterocycles.